The summed E-state index contributed by atoms with van der Waals surface area (Å²) in [5.41, 5.74) is 7.38. The van der Waals surface area contributed by atoms with Crippen LogP contribution in [0.15, 0.2) is 42.5 Å². The Hall–Kier alpha value is -2.20. The normalized spacial score (nSPS) is 16.1. The molecular weight excluding hydrogens is 290 g/mol. The Kier molecular flexibility index (Phi) is 3.71. The fourth-order valence-electron chi connectivity index (χ4n) is 2.34. The number of nitrogens with two attached hydrogens (primary N) is 1. The quantitative estimate of drug-likeness (QED) is 0.698. The lowest BCUT2D eigenvalue weighted by atomic mass is 10.0. The van der Waals surface area contributed by atoms with Crippen molar-refractivity contribution >= 4 is 23.3 Å². The number of ether oxygens (including phenoxy) is 2. The van der Waals surface area contributed by atoms with Crippen LogP contribution in [0.5, 0.6) is 5.75 Å². The molecule has 2 N–H and O–H groups in total. The van der Waals surface area contributed by atoms with Crippen molar-refractivity contribution in [3.05, 3.63) is 58.6 Å². The Bertz CT molecular complexity index is 687. The number of carbonyl (C=O) groups excluding carboxylic acids is 1. The highest BCUT2D eigenvalue weighted by Gasteiger charge is 2.25. The van der Waals surface area contributed by atoms with Gasteiger partial charge in [0.2, 0.25) is 0 Å². The number of hydrogen-bond acceptors (Lipinski definition) is 4. The highest BCUT2D eigenvalue weighted by Crippen LogP contribution is 2.33. The van der Waals surface area contributed by atoms with E-state index in [9.17, 15) is 4.79 Å². The number of para-hydroxylation sites is 2. The molecule has 4 nitrogen and oxygen atoms in total. The summed E-state index contributed by atoms with van der Waals surface area (Å²) in [6.07, 6.45) is 0. The molecule has 1 heterocycles. The van der Waals surface area contributed by atoms with Crippen LogP contribution in [0.4, 0.5) is 5.69 Å². The van der Waals surface area contributed by atoms with Crippen molar-refractivity contribution in [1.29, 1.82) is 0 Å². The van der Waals surface area contributed by atoms with Gasteiger partial charge in [0.1, 0.15) is 12.4 Å². The minimum Gasteiger partial charge on any atom is -0.493 e. The number of benzene rings is 2. The molecule has 0 fully saturated rings. The van der Waals surface area contributed by atoms with Gasteiger partial charge < -0.3 is 15.2 Å². The molecule has 2 aromatic rings. The number of carbonyl (C=O) groups is 1. The molecule has 2 aromatic carbocycles. The molecule has 3 rings (SSSR count). The summed E-state index contributed by atoms with van der Waals surface area (Å²) >= 11 is 5.90. The zero-order chi connectivity index (χ0) is 14.8. The van der Waals surface area contributed by atoms with Gasteiger partial charge in [-0.25, -0.2) is 4.79 Å². The van der Waals surface area contributed by atoms with Crippen LogP contribution in [0.1, 0.15) is 21.8 Å². The largest absolute Gasteiger partial charge is 0.493 e. The molecule has 0 radical (unpaired) electrons. The zero-order valence-corrected chi connectivity index (χ0v) is 12.0. The van der Waals surface area contributed by atoms with E-state index >= 15 is 0 Å². The van der Waals surface area contributed by atoms with Gasteiger partial charge in [-0.05, 0) is 18.2 Å². The fourth-order valence-corrected chi connectivity index (χ4v) is 2.51. The van der Waals surface area contributed by atoms with Crippen LogP contribution < -0.4 is 10.5 Å². The number of halogens is 1. The van der Waals surface area contributed by atoms with Gasteiger partial charge in [0.05, 0.1) is 28.8 Å². The summed E-state index contributed by atoms with van der Waals surface area (Å²) in [5.74, 6) is 0.422. The Morgan fingerprint density at radius 3 is 2.95 bits per heavy atom. The molecule has 0 aromatic heterocycles. The van der Waals surface area contributed by atoms with E-state index in [2.05, 4.69) is 0 Å². The van der Waals surface area contributed by atoms with E-state index in [4.69, 9.17) is 26.8 Å². The Balaban J connectivity index is 1.69. The van der Waals surface area contributed by atoms with Crippen LogP contribution >= 0.6 is 11.6 Å². The van der Waals surface area contributed by atoms with E-state index in [1.807, 2.05) is 24.3 Å². The van der Waals surface area contributed by atoms with E-state index in [1.165, 1.54) is 0 Å². The Morgan fingerprint density at radius 2 is 2.10 bits per heavy atom. The van der Waals surface area contributed by atoms with Crippen molar-refractivity contribution in [2.75, 3.05) is 18.9 Å². The molecule has 0 saturated carbocycles. The third-order valence-electron chi connectivity index (χ3n) is 3.49. The van der Waals surface area contributed by atoms with Gasteiger partial charge >= 0.3 is 5.97 Å². The smallest absolute Gasteiger partial charge is 0.340 e. The number of fused-ring (bicyclic) bond motifs is 1. The number of esters is 1. The van der Waals surface area contributed by atoms with Gasteiger partial charge in [0.25, 0.3) is 0 Å². The maximum Gasteiger partial charge on any atom is 0.340 e. The molecule has 0 bridgehead atoms. The lowest BCUT2D eigenvalue weighted by Gasteiger charge is -2.11. The van der Waals surface area contributed by atoms with Gasteiger partial charge in [0.15, 0.2) is 0 Å². The minimum absolute atomic E-state index is 0.0468. The molecule has 0 aliphatic carbocycles. The van der Waals surface area contributed by atoms with Gasteiger partial charge in [-0.3, -0.25) is 0 Å². The van der Waals surface area contributed by atoms with Gasteiger partial charge in [-0.1, -0.05) is 35.9 Å². The molecule has 0 saturated heterocycles. The van der Waals surface area contributed by atoms with Crippen molar-refractivity contribution in [3.8, 4) is 5.75 Å². The highest BCUT2D eigenvalue weighted by molar-refractivity contribution is 6.33. The summed E-state index contributed by atoms with van der Waals surface area (Å²) in [6, 6.07) is 12.7. The van der Waals surface area contributed by atoms with E-state index in [-0.39, 0.29) is 23.8 Å². The fraction of sp³-hybridized carbons (Fsp3) is 0.188. The topological polar surface area (TPSA) is 61.6 Å². The molecule has 0 amide bonds. The average molecular weight is 304 g/mol. The zero-order valence-electron chi connectivity index (χ0n) is 11.2. The van der Waals surface area contributed by atoms with Crippen LogP contribution in [0, 0.1) is 0 Å². The van der Waals surface area contributed by atoms with Gasteiger partial charge in [0, 0.05) is 5.56 Å². The van der Waals surface area contributed by atoms with Crippen LogP contribution in [0.2, 0.25) is 5.02 Å². The minimum atomic E-state index is -0.473. The molecule has 21 heavy (non-hydrogen) atoms. The number of nitrogen functional groups attached to an aromatic ring is 1. The molecule has 0 spiro atoms. The molecule has 108 valence electrons. The van der Waals surface area contributed by atoms with E-state index in [0.717, 1.165) is 11.3 Å². The third-order valence-corrected chi connectivity index (χ3v) is 3.82. The second-order valence-electron chi connectivity index (χ2n) is 4.85. The first-order valence-electron chi connectivity index (χ1n) is 6.59. The molecular formula is C16H14ClNO3. The third kappa shape index (κ3) is 2.67. The van der Waals surface area contributed by atoms with Crippen molar-refractivity contribution < 1.29 is 14.3 Å². The summed E-state index contributed by atoms with van der Waals surface area (Å²) in [4.78, 5) is 12.1. The first kappa shape index (κ1) is 13.8. The first-order valence-corrected chi connectivity index (χ1v) is 6.97. The first-order chi connectivity index (χ1) is 10.2. The van der Waals surface area contributed by atoms with E-state index in [0.29, 0.717) is 11.6 Å². The predicted octanol–water partition coefficient (Wildman–Crippen LogP) is 3.26. The average Bonchev–Trinajstić information content (AvgIpc) is 2.91. The SMILES string of the molecule is Nc1c(Cl)cccc1C(=O)OCC1COc2ccccc21. The summed E-state index contributed by atoms with van der Waals surface area (Å²) < 4.78 is 10.9. The molecule has 1 atom stereocenters. The van der Waals surface area contributed by atoms with Crippen LogP contribution in [-0.4, -0.2) is 19.2 Å². The molecule has 1 aliphatic heterocycles. The van der Waals surface area contributed by atoms with Crippen molar-refractivity contribution in [2.45, 2.75) is 5.92 Å². The summed E-state index contributed by atoms with van der Waals surface area (Å²) in [5, 5.41) is 0.346. The standard InChI is InChI=1S/C16H14ClNO3/c17-13-6-3-5-12(15(13)18)16(19)21-9-10-8-20-14-7-2-1-4-11(10)14/h1-7,10H,8-9,18H2. The molecule has 5 heteroatoms. The lowest BCUT2D eigenvalue weighted by molar-refractivity contribution is 0.0472. The van der Waals surface area contributed by atoms with Gasteiger partial charge in [-0.2, -0.15) is 0 Å². The maximum atomic E-state index is 12.1. The second-order valence-corrected chi connectivity index (χ2v) is 5.25. The van der Waals surface area contributed by atoms with Crippen LogP contribution in [-0.2, 0) is 4.74 Å². The molecule has 1 aliphatic rings. The van der Waals surface area contributed by atoms with Crippen LogP contribution in [0.3, 0.4) is 0 Å². The van der Waals surface area contributed by atoms with Crippen molar-refractivity contribution in [1.82, 2.24) is 0 Å². The molecule has 1 unspecified atom stereocenters. The Labute approximate surface area is 127 Å². The van der Waals surface area contributed by atoms with E-state index < -0.39 is 5.97 Å². The number of hydrogen-bond donors (Lipinski definition) is 1. The van der Waals surface area contributed by atoms with Crippen molar-refractivity contribution in [2.24, 2.45) is 0 Å². The Morgan fingerprint density at radius 1 is 1.29 bits per heavy atom. The summed E-state index contributed by atoms with van der Waals surface area (Å²) in [7, 11) is 0. The highest BCUT2D eigenvalue weighted by atomic mass is 35.5. The van der Waals surface area contributed by atoms with Crippen LogP contribution in [0.25, 0.3) is 0 Å². The predicted molar refractivity (Wildman–Crippen MR) is 80.8 cm³/mol. The summed E-state index contributed by atoms with van der Waals surface area (Å²) in [6.45, 7) is 0.763. The maximum absolute atomic E-state index is 12.1. The monoisotopic (exact) mass is 303 g/mol. The number of rotatable bonds is 3. The van der Waals surface area contributed by atoms with E-state index in [1.54, 1.807) is 18.2 Å². The lowest BCUT2D eigenvalue weighted by Crippen LogP contribution is -2.15. The van der Waals surface area contributed by atoms with Gasteiger partial charge in [-0.15, -0.1) is 0 Å². The second kappa shape index (κ2) is 5.66. The number of anilines is 1. The van der Waals surface area contributed by atoms with Crippen molar-refractivity contribution in [3.63, 3.8) is 0 Å².